The van der Waals surface area contributed by atoms with Gasteiger partial charge in [0.2, 0.25) is 0 Å². The molecule has 1 fully saturated rings. The molecular formula is C21H25ClO6. The molecule has 1 heterocycles. The topological polar surface area (TPSA) is 99.4 Å². The molecule has 2 aromatic carbocycles. The number of aliphatic hydroxyl groups excluding tert-OH is 4. The lowest BCUT2D eigenvalue weighted by molar-refractivity contribution is -0.0820. The lowest BCUT2D eigenvalue weighted by Gasteiger charge is -2.19. The Kier molecular flexibility index (Phi) is 6.93. The van der Waals surface area contributed by atoms with Crippen LogP contribution in [-0.2, 0) is 11.2 Å². The van der Waals surface area contributed by atoms with Crippen molar-refractivity contribution in [1.82, 2.24) is 0 Å². The second-order valence-corrected chi connectivity index (χ2v) is 7.26. The molecule has 4 N–H and O–H groups in total. The highest BCUT2D eigenvalue weighted by Gasteiger charge is 2.46. The number of halogens is 1. The summed E-state index contributed by atoms with van der Waals surface area (Å²) in [6.45, 7) is 1.97. The molecule has 5 atom stereocenters. The second kappa shape index (κ2) is 9.22. The van der Waals surface area contributed by atoms with Gasteiger partial charge in [-0.1, -0.05) is 35.9 Å². The van der Waals surface area contributed by atoms with Crippen LogP contribution in [-0.4, -0.2) is 58.1 Å². The number of aliphatic hydroxyl groups is 4. The zero-order valence-electron chi connectivity index (χ0n) is 15.5. The Morgan fingerprint density at radius 2 is 1.82 bits per heavy atom. The van der Waals surface area contributed by atoms with Gasteiger partial charge in [-0.25, -0.2) is 0 Å². The van der Waals surface area contributed by atoms with Crippen LogP contribution in [0.15, 0.2) is 42.5 Å². The first-order valence-electron chi connectivity index (χ1n) is 9.25. The van der Waals surface area contributed by atoms with E-state index in [0.717, 1.165) is 16.9 Å². The Bertz CT molecular complexity index is 781. The first-order valence-corrected chi connectivity index (χ1v) is 9.63. The number of hydrogen-bond donors (Lipinski definition) is 4. The van der Waals surface area contributed by atoms with Crippen molar-refractivity contribution in [3.63, 3.8) is 0 Å². The number of ether oxygens (including phenoxy) is 2. The van der Waals surface area contributed by atoms with Crippen molar-refractivity contribution in [2.75, 3.05) is 13.2 Å². The molecule has 0 spiro atoms. The fourth-order valence-electron chi connectivity index (χ4n) is 3.40. The van der Waals surface area contributed by atoms with Crippen LogP contribution in [0.5, 0.6) is 5.75 Å². The highest BCUT2D eigenvalue weighted by atomic mass is 35.5. The van der Waals surface area contributed by atoms with Gasteiger partial charge in [-0.05, 0) is 48.2 Å². The maximum atomic E-state index is 10.3. The lowest BCUT2D eigenvalue weighted by atomic mass is 9.96. The van der Waals surface area contributed by atoms with E-state index in [0.29, 0.717) is 23.6 Å². The fourth-order valence-corrected chi connectivity index (χ4v) is 3.58. The third kappa shape index (κ3) is 4.49. The zero-order valence-corrected chi connectivity index (χ0v) is 16.3. The number of hydrogen-bond acceptors (Lipinski definition) is 6. The highest BCUT2D eigenvalue weighted by Crippen LogP contribution is 2.36. The van der Waals surface area contributed by atoms with E-state index in [9.17, 15) is 15.3 Å². The van der Waals surface area contributed by atoms with Gasteiger partial charge in [0.1, 0.15) is 36.3 Å². The van der Waals surface area contributed by atoms with Crippen LogP contribution < -0.4 is 4.74 Å². The van der Waals surface area contributed by atoms with E-state index in [4.69, 9.17) is 26.2 Å². The standard InChI is InChI=1S/C21H25ClO6/c1-2-27-15-6-3-12(4-7-15)9-14-10-13(5-8-16(14)22)20-18(25)19(26)21(28-20)17(24)11-23/h3-8,10,17-21,23-26H,2,9,11H2,1H3/t17-,18+,19+,20-,21+/m0/s1. The number of rotatable bonds is 7. The van der Waals surface area contributed by atoms with Crippen LogP contribution in [0.3, 0.4) is 0 Å². The molecule has 0 bridgehead atoms. The summed E-state index contributed by atoms with van der Waals surface area (Å²) in [5.41, 5.74) is 2.54. The van der Waals surface area contributed by atoms with Gasteiger partial charge in [0.25, 0.3) is 0 Å². The SMILES string of the molecule is CCOc1ccc(Cc2cc([C@@H]3O[C@H]([C@@H](O)CO)[C@H](O)[C@H]3O)ccc2Cl)cc1. The molecule has 0 unspecified atom stereocenters. The van der Waals surface area contributed by atoms with Crippen LogP contribution in [0, 0.1) is 0 Å². The summed E-state index contributed by atoms with van der Waals surface area (Å²) in [4.78, 5) is 0. The maximum absolute atomic E-state index is 10.3. The van der Waals surface area contributed by atoms with Gasteiger partial charge in [0.05, 0.1) is 13.2 Å². The smallest absolute Gasteiger partial charge is 0.119 e. The molecule has 152 valence electrons. The molecule has 1 aliphatic rings. The third-order valence-electron chi connectivity index (χ3n) is 4.89. The van der Waals surface area contributed by atoms with Gasteiger partial charge in [0, 0.05) is 5.02 Å². The summed E-state index contributed by atoms with van der Waals surface area (Å²) in [5, 5.41) is 40.0. The minimum atomic E-state index is -1.29. The van der Waals surface area contributed by atoms with Gasteiger partial charge >= 0.3 is 0 Å². The Balaban J connectivity index is 1.79. The molecule has 0 amide bonds. The van der Waals surface area contributed by atoms with Gasteiger partial charge in [-0.3, -0.25) is 0 Å². The molecule has 28 heavy (non-hydrogen) atoms. The van der Waals surface area contributed by atoms with E-state index < -0.39 is 37.1 Å². The summed E-state index contributed by atoms with van der Waals surface area (Å²) in [6.07, 6.45) is -5.09. The van der Waals surface area contributed by atoms with Crippen LogP contribution in [0.25, 0.3) is 0 Å². The normalized spacial score (nSPS) is 25.6. The van der Waals surface area contributed by atoms with Crippen molar-refractivity contribution in [2.24, 2.45) is 0 Å². The first kappa shape index (κ1) is 21.0. The predicted octanol–water partition coefficient (Wildman–Crippen LogP) is 1.84. The molecule has 1 aliphatic heterocycles. The Labute approximate surface area is 168 Å². The summed E-state index contributed by atoms with van der Waals surface area (Å²) in [5.74, 6) is 0.802. The third-order valence-corrected chi connectivity index (χ3v) is 5.26. The van der Waals surface area contributed by atoms with Crippen molar-refractivity contribution in [2.45, 2.75) is 43.9 Å². The monoisotopic (exact) mass is 408 g/mol. The Morgan fingerprint density at radius 3 is 2.46 bits per heavy atom. The first-order chi connectivity index (χ1) is 13.4. The van der Waals surface area contributed by atoms with Crippen LogP contribution in [0.4, 0.5) is 0 Å². The molecule has 6 nitrogen and oxygen atoms in total. The van der Waals surface area contributed by atoms with Gasteiger partial charge in [-0.2, -0.15) is 0 Å². The van der Waals surface area contributed by atoms with Gasteiger partial charge < -0.3 is 29.9 Å². The molecule has 7 heteroatoms. The molecule has 0 aliphatic carbocycles. The average molecular weight is 409 g/mol. The van der Waals surface area contributed by atoms with Gasteiger partial charge in [0.15, 0.2) is 0 Å². The molecule has 0 radical (unpaired) electrons. The average Bonchev–Trinajstić information content (AvgIpc) is 3.00. The van der Waals surface area contributed by atoms with E-state index in [1.807, 2.05) is 37.3 Å². The summed E-state index contributed by atoms with van der Waals surface area (Å²) >= 11 is 6.35. The zero-order chi connectivity index (χ0) is 20.3. The minimum Gasteiger partial charge on any atom is -0.494 e. The molecule has 3 rings (SSSR count). The predicted molar refractivity (Wildman–Crippen MR) is 105 cm³/mol. The van der Waals surface area contributed by atoms with E-state index in [1.54, 1.807) is 12.1 Å². The van der Waals surface area contributed by atoms with Crippen molar-refractivity contribution in [3.8, 4) is 5.75 Å². The van der Waals surface area contributed by atoms with Crippen molar-refractivity contribution < 1.29 is 29.9 Å². The summed E-state index contributed by atoms with van der Waals surface area (Å²) in [7, 11) is 0. The summed E-state index contributed by atoms with van der Waals surface area (Å²) < 4.78 is 11.1. The van der Waals surface area contributed by atoms with E-state index >= 15 is 0 Å². The van der Waals surface area contributed by atoms with Crippen LogP contribution in [0.2, 0.25) is 5.02 Å². The van der Waals surface area contributed by atoms with Crippen LogP contribution >= 0.6 is 11.6 Å². The second-order valence-electron chi connectivity index (χ2n) is 6.86. The van der Waals surface area contributed by atoms with Crippen molar-refractivity contribution in [1.29, 1.82) is 0 Å². The number of benzene rings is 2. The molecule has 2 aromatic rings. The van der Waals surface area contributed by atoms with Gasteiger partial charge in [-0.15, -0.1) is 0 Å². The largest absolute Gasteiger partial charge is 0.494 e. The molecule has 0 aromatic heterocycles. The maximum Gasteiger partial charge on any atom is 0.119 e. The molecule has 0 saturated carbocycles. The minimum absolute atomic E-state index is 0.565. The quantitative estimate of drug-likeness (QED) is 0.558. The van der Waals surface area contributed by atoms with Crippen molar-refractivity contribution in [3.05, 3.63) is 64.2 Å². The summed E-state index contributed by atoms with van der Waals surface area (Å²) in [6, 6.07) is 13.0. The van der Waals surface area contributed by atoms with E-state index in [2.05, 4.69) is 0 Å². The fraction of sp³-hybridized carbons (Fsp3) is 0.429. The van der Waals surface area contributed by atoms with Crippen molar-refractivity contribution >= 4 is 11.6 Å². The highest BCUT2D eigenvalue weighted by molar-refractivity contribution is 6.31. The van der Waals surface area contributed by atoms with E-state index in [-0.39, 0.29) is 0 Å². The molecular weight excluding hydrogens is 384 g/mol. The Hall–Kier alpha value is -1.67. The van der Waals surface area contributed by atoms with E-state index in [1.165, 1.54) is 0 Å². The molecule has 1 saturated heterocycles. The Morgan fingerprint density at radius 1 is 1.11 bits per heavy atom. The lowest BCUT2D eigenvalue weighted by Crippen LogP contribution is -2.40. The van der Waals surface area contributed by atoms with Crippen LogP contribution in [0.1, 0.15) is 29.7 Å².